The van der Waals surface area contributed by atoms with Crippen LogP contribution in [0, 0.1) is 12.7 Å². The number of piperazine rings is 1. The minimum Gasteiger partial charge on any atom is -0.366 e. The van der Waals surface area contributed by atoms with Crippen LogP contribution in [0.1, 0.15) is 12.5 Å². The van der Waals surface area contributed by atoms with Crippen LogP contribution in [0.3, 0.4) is 0 Å². The SMILES string of the molecule is Cc1ccc(N2CCN(CC(=O)Nc3ccc(F)cc3)C[C@@H]2C)cc1. The van der Waals surface area contributed by atoms with Crippen LogP contribution in [-0.2, 0) is 4.79 Å². The number of nitrogens with zero attached hydrogens (tertiary/aromatic N) is 2. The van der Waals surface area contributed by atoms with E-state index in [1.807, 2.05) is 0 Å². The van der Waals surface area contributed by atoms with Crippen molar-refractivity contribution >= 4 is 17.3 Å². The molecule has 3 rings (SSSR count). The third-order valence-corrected chi connectivity index (χ3v) is 4.57. The number of carbonyl (C=O) groups excluding carboxylic acids is 1. The van der Waals surface area contributed by atoms with E-state index in [2.05, 4.69) is 53.2 Å². The number of carbonyl (C=O) groups is 1. The number of nitrogens with one attached hydrogen (secondary N) is 1. The van der Waals surface area contributed by atoms with E-state index in [0.717, 1.165) is 19.6 Å². The number of anilines is 2. The molecule has 1 heterocycles. The topological polar surface area (TPSA) is 35.6 Å². The first-order valence-electron chi connectivity index (χ1n) is 8.62. The maximum atomic E-state index is 12.9. The van der Waals surface area contributed by atoms with E-state index in [1.54, 1.807) is 12.1 Å². The molecule has 1 amide bonds. The molecular weight excluding hydrogens is 317 g/mol. The van der Waals surface area contributed by atoms with Crippen molar-refractivity contribution in [3.05, 3.63) is 59.9 Å². The first-order valence-corrected chi connectivity index (χ1v) is 8.62. The summed E-state index contributed by atoms with van der Waals surface area (Å²) in [4.78, 5) is 16.7. The average molecular weight is 341 g/mol. The molecule has 0 spiro atoms. The third-order valence-electron chi connectivity index (χ3n) is 4.57. The predicted molar refractivity (Wildman–Crippen MR) is 99.5 cm³/mol. The Morgan fingerprint density at radius 3 is 2.44 bits per heavy atom. The zero-order valence-electron chi connectivity index (χ0n) is 14.7. The lowest BCUT2D eigenvalue weighted by atomic mass is 10.1. The van der Waals surface area contributed by atoms with Crippen LogP contribution in [-0.4, -0.2) is 43.0 Å². The van der Waals surface area contributed by atoms with Gasteiger partial charge in [0.15, 0.2) is 0 Å². The van der Waals surface area contributed by atoms with Crippen molar-refractivity contribution in [2.45, 2.75) is 19.9 Å². The monoisotopic (exact) mass is 341 g/mol. The van der Waals surface area contributed by atoms with E-state index in [0.29, 0.717) is 18.3 Å². The van der Waals surface area contributed by atoms with Crippen LogP contribution in [0.2, 0.25) is 0 Å². The number of halogens is 1. The second kappa shape index (κ2) is 7.66. The molecule has 0 aliphatic carbocycles. The Morgan fingerprint density at radius 2 is 1.80 bits per heavy atom. The molecule has 0 aromatic heterocycles. The van der Waals surface area contributed by atoms with Crippen LogP contribution in [0.25, 0.3) is 0 Å². The van der Waals surface area contributed by atoms with Gasteiger partial charge in [-0.25, -0.2) is 4.39 Å². The fraction of sp³-hybridized carbons (Fsp3) is 0.350. The normalized spacial score (nSPS) is 18.2. The van der Waals surface area contributed by atoms with Gasteiger partial charge in [0.05, 0.1) is 6.54 Å². The fourth-order valence-corrected chi connectivity index (χ4v) is 3.23. The molecule has 1 aliphatic heterocycles. The van der Waals surface area contributed by atoms with Crippen molar-refractivity contribution in [1.82, 2.24) is 4.90 Å². The van der Waals surface area contributed by atoms with Crippen molar-refractivity contribution in [1.29, 1.82) is 0 Å². The van der Waals surface area contributed by atoms with Gasteiger partial charge in [-0.1, -0.05) is 17.7 Å². The highest BCUT2D eigenvalue weighted by molar-refractivity contribution is 5.92. The molecule has 4 nitrogen and oxygen atoms in total. The molecule has 2 aromatic carbocycles. The smallest absolute Gasteiger partial charge is 0.238 e. The van der Waals surface area contributed by atoms with Crippen LogP contribution in [0.15, 0.2) is 48.5 Å². The van der Waals surface area contributed by atoms with Gasteiger partial charge in [0.2, 0.25) is 5.91 Å². The van der Waals surface area contributed by atoms with E-state index in [1.165, 1.54) is 23.4 Å². The second-order valence-electron chi connectivity index (χ2n) is 6.67. The first kappa shape index (κ1) is 17.4. The lowest BCUT2D eigenvalue weighted by molar-refractivity contribution is -0.117. The van der Waals surface area contributed by atoms with Crippen molar-refractivity contribution in [2.24, 2.45) is 0 Å². The Balaban J connectivity index is 1.53. The molecule has 1 N–H and O–H groups in total. The van der Waals surface area contributed by atoms with E-state index >= 15 is 0 Å². The number of aryl methyl sites for hydroxylation is 1. The van der Waals surface area contributed by atoms with Gasteiger partial charge in [-0.05, 0) is 50.2 Å². The lowest BCUT2D eigenvalue weighted by Crippen LogP contribution is -2.53. The summed E-state index contributed by atoms with van der Waals surface area (Å²) in [5.74, 6) is -0.373. The highest BCUT2D eigenvalue weighted by Crippen LogP contribution is 2.21. The van der Waals surface area contributed by atoms with E-state index in [-0.39, 0.29) is 11.7 Å². The van der Waals surface area contributed by atoms with Gasteiger partial charge in [0, 0.05) is 37.1 Å². The van der Waals surface area contributed by atoms with E-state index in [4.69, 9.17) is 0 Å². The molecule has 0 bridgehead atoms. The van der Waals surface area contributed by atoms with Gasteiger partial charge < -0.3 is 10.2 Å². The Hall–Kier alpha value is -2.40. The summed E-state index contributed by atoms with van der Waals surface area (Å²) in [7, 11) is 0. The van der Waals surface area contributed by atoms with Crippen LogP contribution in [0.5, 0.6) is 0 Å². The molecule has 25 heavy (non-hydrogen) atoms. The summed E-state index contributed by atoms with van der Waals surface area (Å²) in [6.45, 7) is 7.20. The molecule has 1 aliphatic rings. The maximum Gasteiger partial charge on any atom is 0.238 e. The summed E-state index contributed by atoms with van der Waals surface area (Å²) < 4.78 is 12.9. The molecule has 2 aromatic rings. The fourth-order valence-electron chi connectivity index (χ4n) is 3.23. The highest BCUT2D eigenvalue weighted by atomic mass is 19.1. The summed E-state index contributed by atoms with van der Waals surface area (Å²) in [6, 6.07) is 14.8. The average Bonchev–Trinajstić information content (AvgIpc) is 2.58. The number of amides is 1. The third kappa shape index (κ3) is 4.57. The Bertz CT molecular complexity index is 715. The molecule has 132 valence electrons. The first-order chi connectivity index (χ1) is 12.0. The summed E-state index contributed by atoms with van der Waals surface area (Å²) >= 11 is 0. The Kier molecular flexibility index (Phi) is 5.34. The van der Waals surface area contributed by atoms with E-state index in [9.17, 15) is 9.18 Å². The highest BCUT2D eigenvalue weighted by Gasteiger charge is 2.25. The van der Waals surface area contributed by atoms with Crippen LogP contribution >= 0.6 is 0 Å². The van der Waals surface area contributed by atoms with Crippen molar-refractivity contribution in [3.63, 3.8) is 0 Å². The van der Waals surface area contributed by atoms with Crippen molar-refractivity contribution in [3.8, 4) is 0 Å². The Morgan fingerprint density at radius 1 is 1.12 bits per heavy atom. The largest absolute Gasteiger partial charge is 0.366 e. The number of hydrogen-bond donors (Lipinski definition) is 1. The van der Waals surface area contributed by atoms with Gasteiger partial charge in [-0.3, -0.25) is 9.69 Å². The minimum absolute atomic E-state index is 0.0670. The lowest BCUT2D eigenvalue weighted by Gasteiger charge is -2.41. The molecule has 1 saturated heterocycles. The summed E-state index contributed by atoms with van der Waals surface area (Å²) in [5.41, 5.74) is 3.11. The molecule has 1 atom stereocenters. The van der Waals surface area contributed by atoms with Gasteiger partial charge in [0.1, 0.15) is 5.82 Å². The van der Waals surface area contributed by atoms with Crippen molar-refractivity contribution in [2.75, 3.05) is 36.4 Å². The van der Waals surface area contributed by atoms with Gasteiger partial charge >= 0.3 is 0 Å². The van der Waals surface area contributed by atoms with Crippen LogP contribution in [0.4, 0.5) is 15.8 Å². The molecule has 5 heteroatoms. The Labute approximate surface area is 148 Å². The minimum atomic E-state index is -0.306. The molecule has 0 unspecified atom stereocenters. The van der Waals surface area contributed by atoms with Gasteiger partial charge in [-0.15, -0.1) is 0 Å². The van der Waals surface area contributed by atoms with E-state index < -0.39 is 0 Å². The predicted octanol–water partition coefficient (Wildman–Crippen LogP) is 3.28. The maximum absolute atomic E-state index is 12.9. The van der Waals surface area contributed by atoms with Crippen molar-refractivity contribution < 1.29 is 9.18 Å². The zero-order chi connectivity index (χ0) is 17.8. The van der Waals surface area contributed by atoms with Gasteiger partial charge in [0.25, 0.3) is 0 Å². The standard InChI is InChI=1S/C20H24FN3O/c1-15-3-9-19(10-4-15)24-12-11-23(13-16(24)2)14-20(25)22-18-7-5-17(21)6-8-18/h3-10,16H,11-14H2,1-2H3,(H,22,25)/t16-/m0/s1. The number of rotatable bonds is 4. The zero-order valence-corrected chi connectivity index (χ0v) is 14.7. The van der Waals surface area contributed by atoms with Crippen LogP contribution < -0.4 is 10.2 Å². The summed E-state index contributed by atoms with van der Waals surface area (Å²) in [6.07, 6.45) is 0. The molecule has 1 fully saturated rings. The number of benzene rings is 2. The summed E-state index contributed by atoms with van der Waals surface area (Å²) in [5, 5.41) is 2.82. The number of hydrogen-bond acceptors (Lipinski definition) is 3. The quantitative estimate of drug-likeness (QED) is 0.927. The molecular formula is C20H24FN3O. The van der Waals surface area contributed by atoms with Gasteiger partial charge in [-0.2, -0.15) is 0 Å². The molecule has 0 radical (unpaired) electrons. The second-order valence-corrected chi connectivity index (χ2v) is 6.67. The molecule has 0 saturated carbocycles.